The van der Waals surface area contributed by atoms with E-state index in [9.17, 15) is 4.79 Å². The highest BCUT2D eigenvalue weighted by Gasteiger charge is 2.19. The van der Waals surface area contributed by atoms with Crippen LogP contribution in [0.2, 0.25) is 5.02 Å². The second-order valence-corrected chi connectivity index (χ2v) is 11.1. The first-order chi connectivity index (χ1) is 19.9. The minimum Gasteiger partial charge on any atom is -0.367 e. The highest BCUT2D eigenvalue weighted by molar-refractivity contribution is 7.13. The Morgan fingerprint density at radius 1 is 1.00 bits per heavy atom. The molecule has 1 aliphatic heterocycles. The maximum Gasteiger partial charge on any atom is 0.260 e. The Labute approximate surface area is 246 Å². The lowest BCUT2D eigenvalue weighted by molar-refractivity contribution is 0.270. The summed E-state index contributed by atoms with van der Waals surface area (Å²) in [6.45, 7) is 8.88. The molecule has 0 amide bonds. The van der Waals surface area contributed by atoms with E-state index >= 15 is 4.39 Å². The zero-order valence-electron chi connectivity index (χ0n) is 22.8. The molecule has 0 atom stereocenters. The number of thiazole rings is 1. The van der Waals surface area contributed by atoms with Crippen LogP contribution in [0.1, 0.15) is 13.8 Å². The average Bonchev–Trinajstić information content (AvgIpc) is 3.53. The Kier molecular flexibility index (Phi) is 7.70. The lowest BCUT2D eigenvalue weighted by Crippen LogP contribution is -2.46. The van der Waals surface area contributed by atoms with Crippen molar-refractivity contribution in [3.63, 3.8) is 0 Å². The van der Waals surface area contributed by atoms with Gasteiger partial charge in [-0.15, -0.1) is 11.3 Å². The second-order valence-electron chi connectivity index (χ2n) is 9.85. The van der Waals surface area contributed by atoms with Gasteiger partial charge in [-0.3, -0.25) is 14.3 Å². The normalized spacial score (nSPS) is 14.1. The van der Waals surface area contributed by atoms with Crippen LogP contribution in [0, 0.1) is 5.82 Å². The monoisotopic (exact) mass is 589 g/mol. The molecule has 2 aromatic carbocycles. The molecule has 11 heteroatoms. The Hall–Kier alpha value is -3.86. The van der Waals surface area contributed by atoms with Crippen LogP contribution in [0.15, 0.2) is 65.2 Å². The number of pyridine rings is 1. The molecule has 6 rings (SSSR count). The molecule has 3 aromatic heterocycles. The molecule has 4 heterocycles. The van der Waals surface area contributed by atoms with Crippen LogP contribution >= 0.6 is 22.9 Å². The molecule has 1 saturated heterocycles. The first kappa shape index (κ1) is 27.3. The molecule has 0 saturated carbocycles. The number of likely N-dealkylation sites (N-methyl/N-ethyl adjacent to an activating group) is 1. The number of hydrogen-bond donors (Lipinski definition) is 1. The van der Waals surface area contributed by atoms with Gasteiger partial charge in [0, 0.05) is 72.3 Å². The molecule has 1 fully saturated rings. The number of nitrogens with zero attached hydrogens (tertiary/aromatic N) is 6. The number of hydrogen-bond acceptors (Lipinski definition) is 8. The number of nitrogens with one attached hydrogen (secondary N) is 1. The van der Waals surface area contributed by atoms with Gasteiger partial charge in [-0.2, -0.15) is 4.98 Å². The predicted molar refractivity (Wildman–Crippen MR) is 165 cm³/mol. The third-order valence-electron chi connectivity index (χ3n) is 7.48. The van der Waals surface area contributed by atoms with Gasteiger partial charge in [0.2, 0.25) is 5.95 Å². The van der Waals surface area contributed by atoms with Crippen molar-refractivity contribution < 1.29 is 4.39 Å². The molecule has 0 unspecified atom stereocenters. The maximum atomic E-state index is 15.1. The van der Waals surface area contributed by atoms with Crippen molar-refractivity contribution in [1.82, 2.24) is 24.4 Å². The first-order valence-corrected chi connectivity index (χ1v) is 14.8. The third-order valence-corrected chi connectivity index (χ3v) is 8.62. The first-order valence-electron chi connectivity index (χ1n) is 13.6. The summed E-state index contributed by atoms with van der Waals surface area (Å²) in [5.41, 5.74) is 5.25. The van der Waals surface area contributed by atoms with Crippen molar-refractivity contribution in [3.05, 3.63) is 81.6 Å². The summed E-state index contributed by atoms with van der Waals surface area (Å²) in [4.78, 5) is 32.2. The van der Waals surface area contributed by atoms with E-state index in [0.717, 1.165) is 43.2 Å². The van der Waals surface area contributed by atoms with Crippen LogP contribution in [0.25, 0.3) is 32.6 Å². The summed E-state index contributed by atoms with van der Waals surface area (Å²) in [6, 6.07) is 12.5. The summed E-state index contributed by atoms with van der Waals surface area (Å²) in [7, 11) is 0. The van der Waals surface area contributed by atoms with Gasteiger partial charge in [-0.25, -0.2) is 9.37 Å². The predicted octanol–water partition coefficient (Wildman–Crippen LogP) is 6.28. The van der Waals surface area contributed by atoms with Crippen LogP contribution in [0.4, 0.5) is 21.7 Å². The Morgan fingerprint density at radius 3 is 2.51 bits per heavy atom. The molecule has 1 N–H and O–H groups in total. The van der Waals surface area contributed by atoms with Gasteiger partial charge in [0.15, 0.2) is 0 Å². The van der Waals surface area contributed by atoms with Gasteiger partial charge in [-0.1, -0.05) is 30.7 Å². The van der Waals surface area contributed by atoms with Crippen molar-refractivity contribution in [1.29, 1.82) is 0 Å². The third kappa shape index (κ3) is 5.42. The zero-order valence-corrected chi connectivity index (χ0v) is 24.3. The topological polar surface area (TPSA) is 79.2 Å². The molecule has 41 heavy (non-hydrogen) atoms. The van der Waals surface area contributed by atoms with Gasteiger partial charge in [0.1, 0.15) is 11.5 Å². The number of aryl methyl sites for hydroxylation is 1. The maximum absolute atomic E-state index is 15.1. The van der Waals surface area contributed by atoms with E-state index in [1.54, 1.807) is 34.6 Å². The molecule has 0 radical (unpaired) electrons. The number of anilines is 3. The van der Waals surface area contributed by atoms with Crippen molar-refractivity contribution >= 4 is 51.3 Å². The molecule has 0 bridgehead atoms. The van der Waals surface area contributed by atoms with Crippen LogP contribution in [-0.2, 0) is 6.54 Å². The highest BCUT2D eigenvalue weighted by atomic mass is 35.5. The van der Waals surface area contributed by atoms with E-state index in [0.29, 0.717) is 45.1 Å². The van der Waals surface area contributed by atoms with Gasteiger partial charge in [-0.05, 0) is 49.4 Å². The standard InChI is InChI=1S/C30H29ClFN7OS/c1-3-37-9-11-38(12-10-37)26-8-6-21(15-25(26)32)35-30-34-16-20-13-23(29(40)39(4-2)28(20)36-30)22-7-5-19(14-24(22)31)27-17-33-18-41-27/h5-8,13-18H,3-4,9-12H2,1-2H3,(H,34,35,36). The Balaban J connectivity index is 1.28. The lowest BCUT2D eigenvalue weighted by atomic mass is 10.0. The lowest BCUT2D eigenvalue weighted by Gasteiger charge is -2.35. The molecular formula is C30H29ClFN7OS. The molecular weight excluding hydrogens is 561 g/mol. The summed E-state index contributed by atoms with van der Waals surface area (Å²) in [5.74, 6) is -0.0170. The van der Waals surface area contributed by atoms with E-state index in [-0.39, 0.29) is 17.3 Å². The van der Waals surface area contributed by atoms with Crippen LogP contribution < -0.4 is 15.8 Å². The molecule has 210 valence electrons. The minimum atomic E-state index is -0.297. The molecule has 8 nitrogen and oxygen atoms in total. The highest BCUT2D eigenvalue weighted by Crippen LogP contribution is 2.33. The number of fused-ring (bicyclic) bond motifs is 1. The smallest absolute Gasteiger partial charge is 0.260 e. The fraction of sp³-hybridized carbons (Fsp3) is 0.267. The van der Waals surface area contributed by atoms with Crippen molar-refractivity contribution in [3.8, 4) is 21.6 Å². The van der Waals surface area contributed by atoms with E-state index in [1.165, 1.54) is 17.4 Å². The number of aromatic nitrogens is 4. The van der Waals surface area contributed by atoms with E-state index in [2.05, 4.69) is 37.0 Å². The molecule has 5 aromatic rings. The van der Waals surface area contributed by atoms with Crippen molar-refractivity contribution in [2.45, 2.75) is 20.4 Å². The van der Waals surface area contributed by atoms with Gasteiger partial charge >= 0.3 is 0 Å². The van der Waals surface area contributed by atoms with E-state index < -0.39 is 0 Å². The number of piperazine rings is 1. The molecule has 1 aliphatic rings. The zero-order chi connectivity index (χ0) is 28.5. The van der Waals surface area contributed by atoms with Gasteiger partial charge < -0.3 is 15.1 Å². The minimum absolute atomic E-state index is 0.198. The van der Waals surface area contributed by atoms with Gasteiger partial charge in [0.05, 0.1) is 16.1 Å². The summed E-state index contributed by atoms with van der Waals surface area (Å²) < 4.78 is 16.7. The number of rotatable bonds is 7. The largest absolute Gasteiger partial charge is 0.367 e. The number of benzene rings is 2. The summed E-state index contributed by atoms with van der Waals surface area (Å²) in [5, 5.41) is 4.27. The van der Waals surface area contributed by atoms with E-state index in [1.807, 2.05) is 31.2 Å². The Bertz CT molecular complexity index is 1770. The fourth-order valence-electron chi connectivity index (χ4n) is 5.23. The summed E-state index contributed by atoms with van der Waals surface area (Å²) in [6.07, 6.45) is 3.45. The van der Waals surface area contributed by atoms with Crippen LogP contribution in [-0.4, -0.2) is 57.1 Å². The average molecular weight is 590 g/mol. The summed E-state index contributed by atoms with van der Waals surface area (Å²) >= 11 is 8.19. The van der Waals surface area contributed by atoms with Crippen molar-refractivity contribution in [2.75, 3.05) is 42.9 Å². The quantitative estimate of drug-likeness (QED) is 0.239. The second kappa shape index (κ2) is 11.6. The van der Waals surface area contributed by atoms with Gasteiger partial charge in [0.25, 0.3) is 5.56 Å². The fourth-order valence-corrected chi connectivity index (χ4v) is 6.13. The van der Waals surface area contributed by atoms with Crippen molar-refractivity contribution in [2.24, 2.45) is 0 Å². The molecule has 0 aliphatic carbocycles. The van der Waals surface area contributed by atoms with E-state index in [4.69, 9.17) is 11.6 Å². The number of halogens is 2. The SMILES string of the molecule is CCN1CCN(c2ccc(Nc3ncc4cc(-c5ccc(-c6cncs6)cc5Cl)c(=O)n(CC)c4n3)cc2F)CC1. The molecule has 0 spiro atoms. The van der Waals surface area contributed by atoms with Crippen LogP contribution in [0.5, 0.6) is 0 Å². The van der Waals surface area contributed by atoms with Crippen LogP contribution in [0.3, 0.4) is 0 Å². The Morgan fingerprint density at radius 2 is 1.83 bits per heavy atom.